The standard InChI is InChI=1S/C25H26FN5O5/c1-2-23(32)28-17-4-3-5-18(14-17)29-24-20(26)16-27-25(31-24)30-19-6-7-21-22(15-19)36-13-11-34-9-8-33-10-12-35-21/h2-7,14-16H,1,8-13H2,(H,28,32)(H2,27,29,30,31). The van der Waals surface area contributed by atoms with Crippen molar-refractivity contribution in [2.45, 2.75) is 0 Å². The molecule has 1 aliphatic heterocycles. The number of carbonyl (C=O) groups is 1. The Bertz CT molecular complexity index is 1210. The fourth-order valence-electron chi connectivity index (χ4n) is 3.21. The summed E-state index contributed by atoms with van der Waals surface area (Å²) in [7, 11) is 0. The second-order valence-corrected chi connectivity index (χ2v) is 7.50. The van der Waals surface area contributed by atoms with E-state index in [-0.39, 0.29) is 17.7 Å². The number of fused-ring (bicyclic) bond motifs is 1. The molecule has 0 unspecified atom stereocenters. The third kappa shape index (κ3) is 7.14. The number of rotatable bonds is 6. The predicted octanol–water partition coefficient (Wildman–Crippen LogP) is 4.03. The minimum Gasteiger partial charge on any atom is -0.487 e. The summed E-state index contributed by atoms with van der Waals surface area (Å²) in [6.45, 7) is 5.98. The van der Waals surface area contributed by atoms with Gasteiger partial charge in [-0.15, -0.1) is 0 Å². The number of ether oxygens (including phenoxy) is 4. The highest BCUT2D eigenvalue weighted by Crippen LogP contribution is 2.32. The molecule has 2 heterocycles. The molecule has 188 valence electrons. The number of nitrogens with one attached hydrogen (secondary N) is 3. The molecule has 4 rings (SSSR count). The molecule has 3 N–H and O–H groups in total. The molecule has 11 heteroatoms. The molecule has 0 atom stereocenters. The van der Waals surface area contributed by atoms with Gasteiger partial charge in [-0.3, -0.25) is 4.79 Å². The molecule has 2 aromatic carbocycles. The summed E-state index contributed by atoms with van der Waals surface area (Å²) in [5, 5.41) is 8.61. The molecule has 0 bridgehead atoms. The number of anilines is 5. The summed E-state index contributed by atoms with van der Waals surface area (Å²) < 4.78 is 36.9. The minimum atomic E-state index is -0.641. The van der Waals surface area contributed by atoms with Crippen LogP contribution in [0.25, 0.3) is 0 Å². The first-order valence-corrected chi connectivity index (χ1v) is 11.3. The lowest BCUT2D eigenvalue weighted by Gasteiger charge is -2.16. The molecule has 0 saturated carbocycles. The van der Waals surface area contributed by atoms with E-state index in [2.05, 4.69) is 32.5 Å². The highest BCUT2D eigenvalue weighted by Gasteiger charge is 2.12. The van der Waals surface area contributed by atoms with Crippen molar-refractivity contribution in [3.05, 3.63) is 67.1 Å². The zero-order valence-electron chi connectivity index (χ0n) is 19.5. The molecule has 3 aromatic rings. The van der Waals surface area contributed by atoms with Crippen LogP contribution in [0.2, 0.25) is 0 Å². The number of hydrogen-bond donors (Lipinski definition) is 3. The van der Waals surface area contributed by atoms with Gasteiger partial charge in [-0.05, 0) is 36.4 Å². The van der Waals surface area contributed by atoms with E-state index in [0.717, 1.165) is 12.3 Å². The summed E-state index contributed by atoms with van der Waals surface area (Å²) in [6, 6.07) is 12.1. The van der Waals surface area contributed by atoms with Gasteiger partial charge in [0.25, 0.3) is 0 Å². The van der Waals surface area contributed by atoms with Crippen LogP contribution in [-0.4, -0.2) is 55.5 Å². The van der Waals surface area contributed by atoms with E-state index in [0.29, 0.717) is 68.2 Å². The third-order valence-electron chi connectivity index (χ3n) is 4.86. The second kappa shape index (κ2) is 12.5. The van der Waals surface area contributed by atoms with Crippen molar-refractivity contribution in [3.8, 4) is 11.5 Å². The Hall–Kier alpha value is -4.22. The van der Waals surface area contributed by atoms with Gasteiger partial charge in [0, 0.05) is 23.1 Å². The van der Waals surface area contributed by atoms with Crippen LogP contribution in [0.3, 0.4) is 0 Å². The van der Waals surface area contributed by atoms with Crippen molar-refractivity contribution in [1.82, 2.24) is 9.97 Å². The van der Waals surface area contributed by atoms with Crippen molar-refractivity contribution >= 4 is 34.7 Å². The quantitative estimate of drug-likeness (QED) is 0.436. The van der Waals surface area contributed by atoms with E-state index in [1.807, 2.05) is 0 Å². The predicted molar refractivity (Wildman–Crippen MR) is 133 cm³/mol. The first kappa shape index (κ1) is 24.9. The summed E-state index contributed by atoms with van der Waals surface area (Å²) in [5.74, 6) is 0.218. The van der Waals surface area contributed by atoms with E-state index in [1.165, 1.54) is 0 Å². The zero-order chi connectivity index (χ0) is 25.2. The molecular weight excluding hydrogens is 469 g/mol. The lowest BCUT2D eigenvalue weighted by molar-refractivity contribution is -0.111. The molecular formula is C25H26FN5O5. The highest BCUT2D eigenvalue weighted by molar-refractivity contribution is 5.99. The summed E-state index contributed by atoms with van der Waals surface area (Å²) in [6.07, 6.45) is 2.23. The lowest BCUT2D eigenvalue weighted by Crippen LogP contribution is -2.15. The fourth-order valence-corrected chi connectivity index (χ4v) is 3.21. The summed E-state index contributed by atoms with van der Waals surface area (Å²) >= 11 is 0. The van der Waals surface area contributed by atoms with Gasteiger partial charge in [0.2, 0.25) is 11.9 Å². The first-order valence-electron chi connectivity index (χ1n) is 11.3. The molecule has 10 nitrogen and oxygen atoms in total. The van der Waals surface area contributed by atoms with Gasteiger partial charge in [0.05, 0.1) is 32.6 Å². The van der Waals surface area contributed by atoms with Gasteiger partial charge in [-0.1, -0.05) is 12.6 Å². The highest BCUT2D eigenvalue weighted by atomic mass is 19.1. The Morgan fingerprint density at radius 1 is 0.889 bits per heavy atom. The number of carbonyl (C=O) groups excluding carboxylic acids is 1. The van der Waals surface area contributed by atoms with E-state index in [1.54, 1.807) is 42.5 Å². The average Bonchev–Trinajstić information content (AvgIpc) is 2.87. The van der Waals surface area contributed by atoms with Crippen LogP contribution < -0.4 is 25.4 Å². The molecule has 0 radical (unpaired) electrons. The molecule has 1 aliphatic rings. The Morgan fingerprint density at radius 2 is 1.58 bits per heavy atom. The van der Waals surface area contributed by atoms with Crippen LogP contribution in [-0.2, 0) is 14.3 Å². The van der Waals surface area contributed by atoms with Crippen LogP contribution in [0, 0.1) is 5.82 Å². The molecule has 0 saturated heterocycles. The van der Waals surface area contributed by atoms with Gasteiger partial charge >= 0.3 is 0 Å². The first-order chi connectivity index (χ1) is 17.6. The molecule has 36 heavy (non-hydrogen) atoms. The minimum absolute atomic E-state index is 0.0391. The molecule has 1 aromatic heterocycles. The van der Waals surface area contributed by atoms with Crippen LogP contribution in [0.4, 0.5) is 33.2 Å². The maximum absolute atomic E-state index is 14.4. The molecule has 0 spiro atoms. The topological polar surface area (TPSA) is 116 Å². The fraction of sp³-hybridized carbons (Fsp3) is 0.240. The second-order valence-electron chi connectivity index (χ2n) is 7.50. The van der Waals surface area contributed by atoms with E-state index >= 15 is 0 Å². The normalized spacial score (nSPS) is 14.0. The molecule has 0 aliphatic carbocycles. The summed E-state index contributed by atoms with van der Waals surface area (Å²) in [5.41, 5.74) is 1.67. The van der Waals surface area contributed by atoms with Crippen molar-refractivity contribution in [2.24, 2.45) is 0 Å². The Labute approximate surface area is 207 Å². The van der Waals surface area contributed by atoms with Gasteiger partial charge in [0.15, 0.2) is 23.1 Å². The third-order valence-corrected chi connectivity index (χ3v) is 4.86. The number of hydrogen-bond acceptors (Lipinski definition) is 9. The maximum Gasteiger partial charge on any atom is 0.247 e. The van der Waals surface area contributed by atoms with Gasteiger partial charge in [0.1, 0.15) is 13.2 Å². The van der Waals surface area contributed by atoms with Crippen molar-refractivity contribution in [3.63, 3.8) is 0 Å². The van der Waals surface area contributed by atoms with Crippen LogP contribution in [0.5, 0.6) is 11.5 Å². The lowest BCUT2D eigenvalue weighted by atomic mass is 10.2. The smallest absolute Gasteiger partial charge is 0.247 e. The number of nitrogens with zero attached hydrogens (tertiary/aromatic N) is 2. The zero-order valence-corrected chi connectivity index (χ0v) is 19.5. The monoisotopic (exact) mass is 495 g/mol. The van der Waals surface area contributed by atoms with Crippen molar-refractivity contribution in [2.75, 3.05) is 55.6 Å². The summed E-state index contributed by atoms with van der Waals surface area (Å²) in [4.78, 5) is 19.8. The molecule has 0 fully saturated rings. The number of amides is 1. The van der Waals surface area contributed by atoms with Crippen molar-refractivity contribution < 1.29 is 28.1 Å². The van der Waals surface area contributed by atoms with E-state index in [9.17, 15) is 9.18 Å². The Morgan fingerprint density at radius 3 is 2.36 bits per heavy atom. The van der Waals surface area contributed by atoms with E-state index < -0.39 is 5.82 Å². The number of benzene rings is 2. The van der Waals surface area contributed by atoms with Gasteiger partial charge < -0.3 is 34.9 Å². The van der Waals surface area contributed by atoms with Gasteiger partial charge in [-0.25, -0.2) is 9.37 Å². The average molecular weight is 496 g/mol. The molecule has 1 amide bonds. The largest absolute Gasteiger partial charge is 0.487 e. The Kier molecular flexibility index (Phi) is 8.62. The van der Waals surface area contributed by atoms with Crippen LogP contribution >= 0.6 is 0 Å². The van der Waals surface area contributed by atoms with E-state index in [4.69, 9.17) is 18.9 Å². The van der Waals surface area contributed by atoms with Gasteiger partial charge in [-0.2, -0.15) is 4.98 Å². The number of aromatic nitrogens is 2. The number of halogens is 1. The Balaban J connectivity index is 1.48. The SMILES string of the molecule is C=CC(=O)Nc1cccc(Nc2nc(Nc3ccc4c(c3)OCCOCCOCCO4)ncc2F)c1. The van der Waals surface area contributed by atoms with Crippen molar-refractivity contribution in [1.29, 1.82) is 0 Å². The van der Waals surface area contributed by atoms with Crippen LogP contribution in [0.15, 0.2) is 61.3 Å². The maximum atomic E-state index is 14.4. The van der Waals surface area contributed by atoms with Crippen LogP contribution in [0.1, 0.15) is 0 Å².